The lowest BCUT2D eigenvalue weighted by molar-refractivity contribution is -0.126. The van der Waals surface area contributed by atoms with Gasteiger partial charge < -0.3 is 14.8 Å². The fraction of sp³-hybridized carbons (Fsp3) is 0.381. The first-order valence-corrected chi connectivity index (χ1v) is 9.37. The minimum atomic E-state index is -0.176. The number of rotatable bonds is 7. The lowest BCUT2D eigenvalue weighted by Gasteiger charge is -2.24. The molecule has 1 aliphatic rings. The van der Waals surface area contributed by atoms with Crippen molar-refractivity contribution in [3.63, 3.8) is 0 Å². The first kappa shape index (κ1) is 18.7. The number of hydrogen-bond acceptors (Lipinski definition) is 3. The zero-order chi connectivity index (χ0) is 18.4. The second-order valence-electron chi connectivity index (χ2n) is 6.53. The Morgan fingerprint density at radius 1 is 1.31 bits per heavy atom. The Kier molecular flexibility index (Phi) is 6.53. The number of benzene rings is 2. The molecule has 138 valence electrons. The van der Waals surface area contributed by atoms with Gasteiger partial charge in [0.05, 0.1) is 12.0 Å². The summed E-state index contributed by atoms with van der Waals surface area (Å²) < 4.78 is 11.5. The van der Waals surface area contributed by atoms with Gasteiger partial charge in [-0.25, -0.2) is 0 Å². The standard InChI is InChI=1S/C21H24ClNO3/c1-15(16-6-3-2-4-7-16)25-11-5-10-23-21(24)18-12-17-13-19(22)8-9-20(17)26-14-18/h2-4,6-9,13,15,18H,5,10-12,14H2,1H3,(H,23,24). The quantitative estimate of drug-likeness (QED) is 0.741. The van der Waals surface area contributed by atoms with Crippen molar-refractivity contribution in [2.45, 2.75) is 25.9 Å². The van der Waals surface area contributed by atoms with E-state index < -0.39 is 0 Å². The molecule has 0 bridgehead atoms. The largest absolute Gasteiger partial charge is 0.492 e. The van der Waals surface area contributed by atoms with Crippen molar-refractivity contribution in [3.05, 3.63) is 64.7 Å². The van der Waals surface area contributed by atoms with Gasteiger partial charge in [0, 0.05) is 18.2 Å². The van der Waals surface area contributed by atoms with E-state index in [4.69, 9.17) is 21.1 Å². The maximum atomic E-state index is 12.3. The van der Waals surface area contributed by atoms with Crippen LogP contribution in [0.4, 0.5) is 0 Å². The van der Waals surface area contributed by atoms with Crippen molar-refractivity contribution in [2.75, 3.05) is 19.8 Å². The number of carbonyl (C=O) groups excluding carboxylic acids is 1. The number of amides is 1. The highest BCUT2D eigenvalue weighted by molar-refractivity contribution is 6.30. The van der Waals surface area contributed by atoms with Gasteiger partial charge in [-0.15, -0.1) is 0 Å². The number of carbonyl (C=O) groups is 1. The lowest BCUT2D eigenvalue weighted by Crippen LogP contribution is -2.38. The van der Waals surface area contributed by atoms with E-state index in [1.54, 1.807) is 6.07 Å². The molecule has 2 atom stereocenters. The van der Waals surface area contributed by atoms with Crippen LogP contribution in [0.3, 0.4) is 0 Å². The minimum absolute atomic E-state index is 0.0201. The highest BCUT2D eigenvalue weighted by Gasteiger charge is 2.25. The number of hydrogen-bond donors (Lipinski definition) is 1. The fourth-order valence-electron chi connectivity index (χ4n) is 3.04. The molecule has 0 spiro atoms. The third-order valence-electron chi connectivity index (χ3n) is 4.56. The topological polar surface area (TPSA) is 47.6 Å². The SMILES string of the molecule is CC(OCCCNC(=O)C1COc2ccc(Cl)cc2C1)c1ccccc1. The lowest BCUT2D eigenvalue weighted by atomic mass is 9.96. The van der Waals surface area contributed by atoms with Crippen molar-refractivity contribution in [3.8, 4) is 5.75 Å². The number of ether oxygens (including phenoxy) is 2. The van der Waals surface area contributed by atoms with E-state index in [0.717, 1.165) is 23.3 Å². The van der Waals surface area contributed by atoms with Crippen LogP contribution in [0.25, 0.3) is 0 Å². The summed E-state index contributed by atoms with van der Waals surface area (Å²) in [6.07, 6.45) is 1.49. The summed E-state index contributed by atoms with van der Waals surface area (Å²) >= 11 is 6.02. The molecule has 2 aromatic carbocycles. The molecule has 1 aliphatic heterocycles. The van der Waals surface area contributed by atoms with Crippen molar-refractivity contribution in [2.24, 2.45) is 5.92 Å². The van der Waals surface area contributed by atoms with Crippen LogP contribution in [0.1, 0.15) is 30.6 Å². The number of fused-ring (bicyclic) bond motifs is 1. The normalized spacial score (nSPS) is 17.1. The summed E-state index contributed by atoms with van der Waals surface area (Å²) in [6, 6.07) is 15.6. The zero-order valence-corrected chi connectivity index (χ0v) is 15.7. The predicted octanol–water partition coefficient (Wildman–Crippen LogP) is 4.18. The number of halogens is 1. The Bertz CT molecular complexity index is 735. The van der Waals surface area contributed by atoms with Gasteiger partial charge in [0.1, 0.15) is 12.4 Å². The van der Waals surface area contributed by atoms with Gasteiger partial charge in [-0.05, 0) is 49.1 Å². The fourth-order valence-corrected chi connectivity index (χ4v) is 3.23. The van der Waals surface area contributed by atoms with E-state index in [1.807, 2.05) is 37.3 Å². The average molecular weight is 374 g/mol. The van der Waals surface area contributed by atoms with Crippen molar-refractivity contribution in [1.82, 2.24) is 5.32 Å². The minimum Gasteiger partial charge on any atom is -0.492 e. The molecular formula is C21H24ClNO3. The second kappa shape index (κ2) is 9.06. The van der Waals surface area contributed by atoms with E-state index in [1.165, 1.54) is 0 Å². The van der Waals surface area contributed by atoms with E-state index >= 15 is 0 Å². The van der Waals surface area contributed by atoms with Crippen LogP contribution in [-0.4, -0.2) is 25.7 Å². The van der Waals surface area contributed by atoms with Crippen LogP contribution in [0.5, 0.6) is 5.75 Å². The van der Waals surface area contributed by atoms with Crippen molar-refractivity contribution >= 4 is 17.5 Å². The van der Waals surface area contributed by atoms with Gasteiger partial charge in [-0.2, -0.15) is 0 Å². The third kappa shape index (κ3) is 4.99. The molecule has 2 unspecified atom stereocenters. The molecule has 3 rings (SSSR count). The van der Waals surface area contributed by atoms with Gasteiger partial charge in [-0.1, -0.05) is 41.9 Å². The molecule has 0 saturated heterocycles. The Balaban J connectivity index is 1.37. The van der Waals surface area contributed by atoms with Crippen molar-refractivity contribution < 1.29 is 14.3 Å². The Morgan fingerprint density at radius 2 is 2.12 bits per heavy atom. The summed E-state index contributed by atoms with van der Waals surface area (Å²) in [5.41, 5.74) is 2.15. The molecule has 0 fully saturated rings. The predicted molar refractivity (Wildman–Crippen MR) is 103 cm³/mol. The van der Waals surface area contributed by atoms with Crippen LogP contribution < -0.4 is 10.1 Å². The summed E-state index contributed by atoms with van der Waals surface area (Å²) in [5.74, 6) is 0.665. The zero-order valence-electron chi connectivity index (χ0n) is 14.9. The molecule has 26 heavy (non-hydrogen) atoms. The molecule has 1 amide bonds. The van der Waals surface area contributed by atoms with Gasteiger partial charge >= 0.3 is 0 Å². The Morgan fingerprint density at radius 3 is 2.92 bits per heavy atom. The monoisotopic (exact) mass is 373 g/mol. The van der Waals surface area contributed by atoms with Gasteiger partial charge in [0.2, 0.25) is 5.91 Å². The number of nitrogens with one attached hydrogen (secondary N) is 1. The molecule has 1 N–H and O–H groups in total. The Hall–Kier alpha value is -2.04. The van der Waals surface area contributed by atoms with Gasteiger partial charge in [0.15, 0.2) is 0 Å². The van der Waals surface area contributed by atoms with E-state index in [9.17, 15) is 4.79 Å². The molecule has 4 nitrogen and oxygen atoms in total. The molecule has 5 heteroatoms. The Labute approximate surface area is 159 Å². The highest BCUT2D eigenvalue weighted by atomic mass is 35.5. The smallest absolute Gasteiger partial charge is 0.226 e. The summed E-state index contributed by atoms with van der Waals surface area (Å²) in [7, 11) is 0. The van der Waals surface area contributed by atoms with Crippen LogP contribution in [-0.2, 0) is 16.0 Å². The van der Waals surface area contributed by atoms with Gasteiger partial charge in [-0.3, -0.25) is 4.79 Å². The molecule has 0 radical (unpaired) electrons. The first-order chi connectivity index (χ1) is 12.6. The molecular weight excluding hydrogens is 350 g/mol. The van der Waals surface area contributed by atoms with Crippen LogP contribution in [0.2, 0.25) is 5.02 Å². The van der Waals surface area contributed by atoms with Gasteiger partial charge in [0.25, 0.3) is 0 Å². The summed E-state index contributed by atoms with van der Waals surface area (Å²) in [6.45, 7) is 3.65. The third-order valence-corrected chi connectivity index (χ3v) is 4.79. The maximum Gasteiger partial charge on any atom is 0.226 e. The molecule has 0 aromatic heterocycles. The van der Waals surface area contributed by atoms with Crippen LogP contribution >= 0.6 is 11.6 Å². The second-order valence-corrected chi connectivity index (χ2v) is 6.97. The van der Waals surface area contributed by atoms with E-state index in [2.05, 4.69) is 17.4 Å². The molecule has 0 aliphatic carbocycles. The summed E-state index contributed by atoms with van der Waals surface area (Å²) in [4.78, 5) is 12.3. The average Bonchev–Trinajstić information content (AvgIpc) is 2.67. The molecule has 2 aromatic rings. The van der Waals surface area contributed by atoms with E-state index in [0.29, 0.717) is 31.2 Å². The highest BCUT2D eigenvalue weighted by Crippen LogP contribution is 2.29. The van der Waals surface area contributed by atoms with Crippen LogP contribution in [0.15, 0.2) is 48.5 Å². The van der Waals surface area contributed by atoms with Crippen LogP contribution in [0, 0.1) is 5.92 Å². The van der Waals surface area contributed by atoms with E-state index in [-0.39, 0.29) is 17.9 Å². The maximum absolute atomic E-state index is 12.3. The molecule has 1 heterocycles. The first-order valence-electron chi connectivity index (χ1n) is 8.99. The molecule has 0 saturated carbocycles. The van der Waals surface area contributed by atoms with Crippen molar-refractivity contribution in [1.29, 1.82) is 0 Å². The summed E-state index contributed by atoms with van der Waals surface area (Å²) in [5, 5.41) is 3.64.